The number of likely N-dealkylation sites (N-methyl/N-ethyl adjacent to an activating group) is 1. The zero-order valence-electron chi connectivity index (χ0n) is 18.0. The first-order valence-electron chi connectivity index (χ1n) is 11.2. The third-order valence-corrected chi connectivity index (χ3v) is 6.51. The number of anilines is 1. The Hall–Kier alpha value is -3.08. The minimum atomic E-state index is -1.11. The van der Waals surface area contributed by atoms with Gasteiger partial charge in [-0.3, -0.25) is 9.59 Å². The van der Waals surface area contributed by atoms with E-state index in [2.05, 4.69) is 5.32 Å². The van der Waals surface area contributed by atoms with Crippen LogP contribution in [-0.4, -0.2) is 30.0 Å². The van der Waals surface area contributed by atoms with Crippen LogP contribution < -0.4 is 10.2 Å². The van der Waals surface area contributed by atoms with Crippen molar-refractivity contribution in [2.75, 3.05) is 11.9 Å². The van der Waals surface area contributed by atoms with E-state index in [-0.39, 0.29) is 17.6 Å². The number of carbonyl (C=O) groups excluding carboxylic acids is 2. The molecule has 0 bridgehead atoms. The number of hydrogen-bond acceptors (Lipinski definition) is 3. The van der Waals surface area contributed by atoms with Crippen molar-refractivity contribution >= 4 is 23.1 Å². The van der Waals surface area contributed by atoms with E-state index in [4.69, 9.17) is 0 Å². The summed E-state index contributed by atoms with van der Waals surface area (Å²) >= 11 is 0. The van der Waals surface area contributed by atoms with Crippen molar-refractivity contribution < 1.29 is 14.7 Å². The van der Waals surface area contributed by atoms with Gasteiger partial charge in [-0.2, -0.15) is 0 Å². The number of nitrogens with one attached hydrogen (secondary N) is 1. The molecule has 1 atom stereocenters. The van der Waals surface area contributed by atoms with E-state index in [1.54, 1.807) is 7.05 Å². The van der Waals surface area contributed by atoms with Gasteiger partial charge >= 0.3 is 0 Å². The molecule has 0 radical (unpaired) electrons. The number of para-hydroxylation sites is 1. The summed E-state index contributed by atoms with van der Waals surface area (Å²) in [5, 5.41) is 14.1. The lowest BCUT2D eigenvalue weighted by molar-refractivity contribution is -0.127. The van der Waals surface area contributed by atoms with Crippen LogP contribution in [0, 0.1) is 5.92 Å². The Labute approximate surface area is 183 Å². The van der Waals surface area contributed by atoms with Crippen LogP contribution in [0.3, 0.4) is 0 Å². The normalized spacial score (nSPS) is 19.7. The van der Waals surface area contributed by atoms with Crippen molar-refractivity contribution in [2.45, 2.75) is 51.0 Å². The topological polar surface area (TPSA) is 69.6 Å². The SMILES string of the molecule is CN1C(=O)[C@H](NC(=O)CCC2CCCCC2)C(O)=C(c2ccccc2)c2ccccc21. The fourth-order valence-corrected chi connectivity index (χ4v) is 4.77. The highest BCUT2D eigenvalue weighted by atomic mass is 16.3. The van der Waals surface area contributed by atoms with Crippen LogP contribution in [0.15, 0.2) is 60.4 Å². The summed E-state index contributed by atoms with van der Waals surface area (Å²) in [7, 11) is 1.68. The van der Waals surface area contributed by atoms with Crippen molar-refractivity contribution in [1.29, 1.82) is 0 Å². The Kier molecular flexibility index (Phi) is 6.40. The molecule has 1 fully saturated rings. The van der Waals surface area contributed by atoms with Crippen molar-refractivity contribution in [2.24, 2.45) is 5.92 Å². The third kappa shape index (κ3) is 4.50. The Morgan fingerprint density at radius 2 is 1.71 bits per heavy atom. The summed E-state index contributed by atoms with van der Waals surface area (Å²) in [4.78, 5) is 27.5. The molecule has 1 saturated carbocycles. The summed E-state index contributed by atoms with van der Waals surface area (Å²) < 4.78 is 0. The minimum absolute atomic E-state index is 0.112. The molecule has 2 N–H and O–H groups in total. The number of amides is 2. The molecule has 2 aromatic rings. The third-order valence-electron chi connectivity index (χ3n) is 6.51. The average molecular weight is 419 g/mol. The smallest absolute Gasteiger partial charge is 0.257 e. The molecule has 162 valence electrons. The van der Waals surface area contributed by atoms with Gasteiger partial charge in [0.05, 0.1) is 5.69 Å². The average Bonchev–Trinajstić information content (AvgIpc) is 2.88. The molecule has 0 unspecified atom stereocenters. The lowest BCUT2D eigenvalue weighted by Gasteiger charge is -2.24. The highest BCUT2D eigenvalue weighted by Gasteiger charge is 2.35. The summed E-state index contributed by atoms with van der Waals surface area (Å²) in [5.41, 5.74) is 2.85. The fourth-order valence-electron chi connectivity index (χ4n) is 4.77. The molecule has 1 heterocycles. The second kappa shape index (κ2) is 9.38. The molecule has 5 heteroatoms. The predicted octanol–water partition coefficient (Wildman–Crippen LogP) is 4.83. The lowest BCUT2D eigenvalue weighted by atomic mass is 9.86. The van der Waals surface area contributed by atoms with Crippen LogP contribution in [0.25, 0.3) is 5.57 Å². The van der Waals surface area contributed by atoms with Crippen molar-refractivity contribution in [3.05, 3.63) is 71.5 Å². The van der Waals surface area contributed by atoms with Gasteiger partial charge in [-0.25, -0.2) is 0 Å². The largest absolute Gasteiger partial charge is 0.509 e. The van der Waals surface area contributed by atoms with E-state index < -0.39 is 6.04 Å². The van der Waals surface area contributed by atoms with Crippen LogP contribution in [0.1, 0.15) is 56.1 Å². The number of hydrogen-bond donors (Lipinski definition) is 2. The zero-order chi connectivity index (χ0) is 21.8. The molecule has 2 aromatic carbocycles. The first-order chi connectivity index (χ1) is 15.1. The number of aliphatic hydroxyl groups is 1. The predicted molar refractivity (Wildman–Crippen MR) is 123 cm³/mol. The van der Waals surface area contributed by atoms with Gasteiger partial charge < -0.3 is 15.3 Å². The van der Waals surface area contributed by atoms with Crippen molar-refractivity contribution in [3.63, 3.8) is 0 Å². The molecule has 1 aliphatic carbocycles. The van der Waals surface area contributed by atoms with Gasteiger partial charge in [-0.1, -0.05) is 80.6 Å². The van der Waals surface area contributed by atoms with Gasteiger partial charge in [-0.15, -0.1) is 0 Å². The second-order valence-electron chi connectivity index (χ2n) is 8.58. The van der Waals surface area contributed by atoms with Crippen LogP contribution in [-0.2, 0) is 9.59 Å². The summed E-state index contributed by atoms with van der Waals surface area (Å²) in [6, 6.07) is 15.9. The number of benzene rings is 2. The van der Waals surface area contributed by atoms with Crippen LogP contribution in [0.4, 0.5) is 5.69 Å². The second-order valence-corrected chi connectivity index (χ2v) is 8.58. The Morgan fingerprint density at radius 1 is 1.03 bits per heavy atom. The van der Waals surface area contributed by atoms with Crippen LogP contribution >= 0.6 is 0 Å². The van der Waals surface area contributed by atoms with Crippen molar-refractivity contribution in [3.8, 4) is 0 Å². The molecule has 2 aliphatic rings. The molecule has 0 spiro atoms. The summed E-state index contributed by atoms with van der Waals surface area (Å²) in [5.74, 6) is -0.0663. The Balaban J connectivity index is 1.64. The maximum absolute atomic E-state index is 13.3. The number of aliphatic hydroxyl groups excluding tert-OH is 1. The Morgan fingerprint density at radius 3 is 2.45 bits per heavy atom. The first-order valence-corrected chi connectivity index (χ1v) is 11.2. The summed E-state index contributed by atoms with van der Waals surface area (Å²) in [6.07, 6.45) is 7.32. The van der Waals surface area contributed by atoms with Crippen LogP contribution in [0.5, 0.6) is 0 Å². The molecule has 2 amide bonds. The van der Waals surface area contributed by atoms with Crippen molar-refractivity contribution in [1.82, 2.24) is 5.32 Å². The van der Waals surface area contributed by atoms with Gasteiger partial charge in [0.15, 0.2) is 6.04 Å². The monoisotopic (exact) mass is 418 g/mol. The molecule has 4 rings (SSSR count). The molecular weight excluding hydrogens is 388 g/mol. The van der Waals surface area contributed by atoms with E-state index in [9.17, 15) is 14.7 Å². The van der Waals surface area contributed by atoms with Gasteiger partial charge in [0.25, 0.3) is 5.91 Å². The molecular formula is C26H30N2O3. The standard InChI is InChI=1S/C26H30N2O3/c1-28-21-15-9-8-14-20(21)23(19-12-6-3-7-13-19)25(30)24(26(28)31)27-22(29)17-16-18-10-4-2-5-11-18/h3,6-9,12-15,18,24,30H,2,4-5,10-11,16-17H2,1H3,(H,27,29)/t24-/m1/s1. The Bertz CT molecular complexity index is 977. The fraction of sp³-hybridized carbons (Fsp3) is 0.385. The highest BCUT2D eigenvalue weighted by Crippen LogP contribution is 2.37. The van der Waals surface area contributed by atoms with E-state index in [1.807, 2.05) is 54.6 Å². The van der Waals surface area contributed by atoms with E-state index in [1.165, 1.54) is 37.0 Å². The number of fused-ring (bicyclic) bond motifs is 1. The highest BCUT2D eigenvalue weighted by molar-refractivity contribution is 6.07. The maximum atomic E-state index is 13.3. The first kappa shape index (κ1) is 21.2. The van der Waals surface area contributed by atoms with E-state index >= 15 is 0 Å². The number of rotatable bonds is 5. The number of nitrogens with zero attached hydrogens (tertiary/aromatic N) is 1. The minimum Gasteiger partial charge on any atom is -0.509 e. The lowest BCUT2D eigenvalue weighted by Crippen LogP contribution is -2.48. The molecule has 1 aliphatic heterocycles. The van der Waals surface area contributed by atoms with Gasteiger partial charge in [-0.05, 0) is 24.0 Å². The number of carbonyl (C=O) groups is 2. The zero-order valence-corrected chi connectivity index (χ0v) is 18.0. The van der Waals surface area contributed by atoms with Gasteiger partial charge in [0, 0.05) is 24.6 Å². The maximum Gasteiger partial charge on any atom is 0.257 e. The van der Waals surface area contributed by atoms with E-state index in [0.717, 1.165) is 17.5 Å². The molecule has 0 aromatic heterocycles. The molecule has 0 saturated heterocycles. The quantitative estimate of drug-likeness (QED) is 0.731. The van der Waals surface area contributed by atoms with Gasteiger partial charge in [0.1, 0.15) is 5.76 Å². The molecule has 5 nitrogen and oxygen atoms in total. The summed E-state index contributed by atoms with van der Waals surface area (Å²) in [6.45, 7) is 0. The molecule has 31 heavy (non-hydrogen) atoms. The van der Waals surface area contributed by atoms with E-state index in [0.29, 0.717) is 23.6 Å². The van der Waals surface area contributed by atoms with Gasteiger partial charge in [0.2, 0.25) is 5.91 Å². The van der Waals surface area contributed by atoms with Crippen LogP contribution in [0.2, 0.25) is 0 Å².